The standard InChI is InChI=1S/C9H17N3/c1-2-12-8-6-9(11-12)5-3-4-7-10/h6,8H,2-5,7,10H2,1H3. The molecule has 3 nitrogen and oxygen atoms in total. The number of hydrogen-bond donors (Lipinski definition) is 1. The fraction of sp³-hybridized carbons (Fsp3) is 0.667. The van der Waals surface area contributed by atoms with Gasteiger partial charge in [0.25, 0.3) is 0 Å². The lowest BCUT2D eigenvalue weighted by molar-refractivity contribution is 0.636. The summed E-state index contributed by atoms with van der Waals surface area (Å²) >= 11 is 0. The van der Waals surface area contributed by atoms with E-state index in [-0.39, 0.29) is 0 Å². The average Bonchev–Trinajstić information content (AvgIpc) is 2.53. The van der Waals surface area contributed by atoms with Gasteiger partial charge in [-0.2, -0.15) is 5.10 Å². The van der Waals surface area contributed by atoms with E-state index in [1.54, 1.807) is 0 Å². The van der Waals surface area contributed by atoms with E-state index in [1.807, 2.05) is 10.9 Å². The number of aromatic nitrogens is 2. The van der Waals surface area contributed by atoms with E-state index in [0.717, 1.165) is 32.4 Å². The van der Waals surface area contributed by atoms with Crippen molar-refractivity contribution < 1.29 is 0 Å². The lowest BCUT2D eigenvalue weighted by atomic mass is 10.2. The first kappa shape index (κ1) is 9.26. The van der Waals surface area contributed by atoms with Gasteiger partial charge in [0, 0.05) is 12.7 Å². The molecule has 0 spiro atoms. The summed E-state index contributed by atoms with van der Waals surface area (Å²) in [5.41, 5.74) is 6.58. The number of rotatable bonds is 5. The Morgan fingerprint density at radius 2 is 2.33 bits per heavy atom. The minimum Gasteiger partial charge on any atom is -0.330 e. The van der Waals surface area contributed by atoms with Gasteiger partial charge < -0.3 is 5.73 Å². The Balaban J connectivity index is 2.31. The van der Waals surface area contributed by atoms with E-state index < -0.39 is 0 Å². The number of nitrogens with two attached hydrogens (primary N) is 1. The highest BCUT2D eigenvalue weighted by atomic mass is 15.3. The zero-order valence-corrected chi connectivity index (χ0v) is 7.66. The first-order valence-corrected chi connectivity index (χ1v) is 4.59. The molecular weight excluding hydrogens is 150 g/mol. The van der Waals surface area contributed by atoms with Crippen molar-refractivity contribution in [1.29, 1.82) is 0 Å². The Hall–Kier alpha value is -0.830. The fourth-order valence-corrected chi connectivity index (χ4v) is 1.16. The van der Waals surface area contributed by atoms with E-state index in [9.17, 15) is 0 Å². The molecule has 0 aliphatic rings. The van der Waals surface area contributed by atoms with E-state index in [2.05, 4.69) is 18.1 Å². The smallest absolute Gasteiger partial charge is 0.0624 e. The van der Waals surface area contributed by atoms with Crippen molar-refractivity contribution in [1.82, 2.24) is 9.78 Å². The predicted molar refractivity (Wildman–Crippen MR) is 49.9 cm³/mol. The highest BCUT2D eigenvalue weighted by molar-refractivity contribution is 4.98. The molecule has 0 amide bonds. The molecule has 0 fully saturated rings. The first-order valence-electron chi connectivity index (χ1n) is 4.59. The quantitative estimate of drug-likeness (QED) is 0.669. The van der Waals surface area contributed by atoms with E-state index >= 15 is 0 Å². The summed E-state index contributed by atoms with van der Waals surface area (Å²) < 4.78 is 1.96. The van der Waals surface area contributed by atoms with Crippen LogP contribution >= 0.6 is 0 Å². The molecule has 1 heterocycles. The summed E-state index contributed by atoms with van der Waals surface area (Å²) in [5, 5.41) is 4.38. The summed E-state index contributed by atoms with van der Waals surface area (Å²) in [5.74, 6) is 0. The zero-order chi connectivity index (χ0) is 8.81. The van der Waals surface area contributed by atoms with Gasteiger partial charge in [0.15, 0.2) is 0 Å². The van der Waals surface area contributed by atoms with E-state index in [0.29, 0.717) is 0 Å². The monoisotopic (exact) mass is 167 g/mol. The maximum Gasteiger partial charge on any atom is 0.0624 e. The van der Waals surface area contributed by atoms with Gasteiger partial charge in [-0.1, -0.05) is 0 Å². The fourth-order valence-electron chi connectivity index (χ4n) is 1.16. The van der Waals surface area contributed by atoms with Crippen LogP contribution in [0.3, 0.4) is 0 Å². The molecule has 0 bridgehead atoms. The third-order valence-corrected chi connectivity index (χ3v) is 1.91. The van der Waals surface area contributed by atoms with Gasteiger partial charge >= 0.3 is 0 Å². The second kappa shape index (κ2) is 4.93. The van der Waals surface area contributed by atoms with Crippen molar-refractivity contribution in [3.63, 3.8) is 0 Å². The van der Waals surface area contributed by atoms with Crippen LogP contribution in [0.5, 0.6) is 0 Å². The predicted octanol–water partition coefficient (Wildman–Crippen LogP) is 1.18. The van der Waals surface area contributed by atoms with Crippen LogP contribution in [0.15, 0.2) is 12.3 Å². The minimum atomic E-state index is 0.786. The zero-order valence-electron chi connectivity index (χ0n) is 7.66. The molecule has 12 heavy (non-hydrogen) atoms. The third kappa shape index (κ3) is 2.66. The Labute approximate surface area is 73.6 Å². The summed E-state index contributed by atoms with van der Waals surface area (Å²) in [6.07, 6.45) is 5.33. The van der Waals surface area contributed by atoms with Crippen LogP contribution in [-0.4, -0.2) is 16.3 Å². The molecule has 0 radical (unpaired) electrons. The van der Waals surface area contributed by atoms with Gasteiger partial charge in [0.1, 0.15) is 0 Å². The molecule has 3 heteroatoms. The molecule has 0 aromatic carbocycles. The largest absolute Gasteiger partial charge is 0.330 e. The molecule has 0 aliphatic carbocycles. The Bertz CT molecular complexity index is 217. The second-order valence-corrected chi connectivity index (χ2v) is 2.91. The maximum atomic E-state index is 5.40. The molecule has 0 aliphatic heterocycles. The maximum absolute atomic E-state index is 5.40. The lowest BCUT2D eigenvalue weighted by Gasteiger charge is -1.95. The molecule has 0 unspecified atom stereocenters. The number of hydrogen-bond acceptors (Lipinski definition) is 2. The molecule has 0 atom stereocenters. The topological polar surface area (TPSA) is 43.8 Å². The van der Waals surface area contributed by atoms with Gasteiger partial charge in [-0.05, 0) is 38.8 Å². The molecular formula is C9H17N3. The van der Waals surface area contributed by atoms with E-state index in [1.165, 1.54) is 5.69 Å². The Morgan fingerprint density at radius 1 is 1.50 bits per heavy atom. The van der Waals surface area contributed by atoms with Crippen molar-refractivity contribution in [2.75, 3.05) is 6.54 Å². The second-order valence-electron chi connectivity index (χ2n) is 2.91. The van der Waals surface area contributed by atoms with Gasteiger partial charge in [0.05, 0.1) is 5.69 Å². The average molecular weight is 167 g/mol. The van der Waals surface area contributed by atoms with Crippen molar-refractivity contribution in [3.05, 3.63) is 18.0 Å². The van der Waals surface area contributed by atoms with Crippen LogP contribution in [0.25, 0.3) is 0 Å². The molecule has 1 rings (SSSR count). The molecule has 1 aromatic heterocycles. The number of unbranched alkanes of at least 4 members (excludes halogenated alkanes) is 1. The Morgan fingerprint density at radius 3 is 2.92 bits per heavy atom. The van der Waals surface area contributed by atoms with Gasteiger partial charge in [-0.15, -0.1) is 0 Å². The third-order valence-electron chi connectivity index (χ3n) is 1.91. The summed E-state index contributed by atoms with van der Waals surface area (Å²) in [6, 6.07) is 2.08. The summed E-state index contributed by atoms with van der Waals surface area (Å²) in [6.45, 7) is 3.84. The highest BCUT2D eigenvalue weighted by Gasteiger charge is 1.96. The lowest BCUT2D eigenvalue weighted by Crippen LogP contribution is -2.00. The normalized spacial score (nSPS) is 10.5. The minimum absolute atomic E-state index is 0.786. The Kier molecular flexibility index (Phi) is 3.80. The van der Waals surface area contributed by atoms with Crippen LogP contribution in [0.4, 0.5) is 0 Å². The molecule has 0 saturated carbocycles. The molecule has 2 N–H and O–H groups in total. The summed E-state index contributed by atoms with van der Waals surface area (Å²) in [4.78, 5) is 0. The molecule has 0 saturated heterocycles. The molecule has 1 aromatic rings. The van der Waals surface area contributed by atoms with Crippen LogP contribution in [0, 0.1) is 0 Å². The van der Waals surface area contributed by atoms with Crippen LogP contribution in [-0.2, 0) is 13.0 Å². The van der Waals surface area contributed by atoms with Gasteiger partial charge in [-0.25, -0.2) is 0 Å². The van der Waals surface area contributed by atoms with Crippen molar-refractivity contribution in [2.24, 2.45) is 5.73 Å². The number of nitrogens with zero attached hydrogens (tertiary/aromatic N) is 2. The molecule has 68 valence electrons. The van der Waals surface area contributed by atoms with Crippen LogP contribution < -0.4 is 5.73 Å². The highest BCUT2D eigenvalue weighted by Crippen LogP contribution is 2.01. The number of aryl methyl sites for hydroxylation is 2. The van der Waals surface area contributed by atoms with Crippen LogP contribution in [0.1, 0.15) is 25.5 Å². The van der Waals surface area contributed by atoms with Crippen LogP contribution in [0.2, 0.25) is 0 Å². The van der Waals surface area contributed by atoms with Crippen molar-refractivity contribution in [3.8, 4) is 0 Å². The summed E-state index contributed by atoms with van der Waals surface area (Å²) in [7, 11) is 0. The van der Waals surface area contributed by atoms with Crippen molar-refractivity contribution in [2.45, 2.75) is 32.7 Å². The SMILES string of the molecule is CCn1ccc(CCCCN)n1. The first-order chi connectivity index (χ1) is 5.86. The van der Waals surface area contributed by atoms with Gasteiger partial charge in [0.2, 0.25) is 0 Å². The van der Waals surface area contributed by atoms with Gasteiger partial charge in [-0.3, -0.25) is 4.68 Å². The van der Waals surface area contributed by atoms with E-state index in [4.69, 9.17) is 5.73 Å². The van der Waals surface area contributed by atoms with Crippen molar-refractivity contribution >= 4 is 0 Å².